The van der Waals surface area contributed by atoms with Gasteiger partial charge in [-0.25, -0.2) is 4.79 Å². The molecule has 2 aromatic carbocycles. The number of fused-ring (bicyclic) bond motifs is 1. The van der Waals surface area contributed by atoms with Crippen LogP contribution in [0.1, 0.15) is 0 Å². The number of nitrogen functional groups attached to an aromatic ring is 2. The van der Waals surface area contributed by atoms with E-state index in [4.69, 9.17) is 16.2 Å². The summed E-state index contributed by atoms with van der Waals surface area (Å²) >= 11 is 0. The van der Waals surface area contributed by atoms with Crippen molar-refractivity contribution < 1.29 is 9.53 Å². The number of rotatable bonds is 2. The van der Waals surface area contributed by atoms with Crippen LogP contribution in [-0.2, 0) is 4.79 Å². The Kier molecular flexibility index (Phi) is 2.70. The molecule has 0 aliphatic heterocycles. The highest BCUT2D eigenvalue weighted by Gasteiger charge is 2.05. The molecule has 0 saturated heterocycles. The first kappa shape index (κ1) is 11.0. The maximum Gasteiger partial charge on any atom is 0.335 e. The summed E-state index contributed by atoms with van der Waals surface area (Å²) in [7, 11) is 0. The summed E-state index contributed by atoms with van der Waals surface area (Å²) in [6.45, 7) is 3.33. The van der Waals surface area contributed by atoms with E-state index in [1.165, 1.54) is 0 Å². The van der Waals surface area contributed by atoms with Gasteiger partial charge in [0.05, 0.1) is 0 Å². The zero-order chi connectivity index (χ0) is 12.4. The van der Waals surface area contributed by atoms with Crippen LogP contribution in [0.15, 0.2) is 43.0 Å². The Morgan fingerprint density at radius 1 is 1.24 bits per heavy atom. The quantitative estimate of drug-likeness (QED) is 0.357. The van der Waals surface area contributed by atoms with Crippen LogP contribution in [0.3, 0.4) is 0 Å². The monoisotopic (exact) mass is 228 g/mol. The van der Waals surface area contributed by atoms with Crippen molar-refractivity contribution in [1.29, 1.82) is 0 Å². The van der Waals surface area contributed by atoms with Gasteiger partial charge in [-0.1, -0.05) is 12.6 Å². The third kappa shape index (κ3) is 2.20. The zero-order valence-corrected chi connectivity index (χ0v) is 9.14. The molecule has 0 bridgehead atoms. The Bertz CT molecular complexity index is 606. The van der Waals surface area contributed by atoms with Gasteiger partial charge in [-0.3, -0.25) is 0 Å². The molecule has 0 fully saturated rings. The number of anilines is 2. The minimum Gasteiger partial charge on any atom is -0.423 e. The maximum atomic E-state index is 11.1. The van der Waals surface area contributed by atoms with Crippen molar-refractivity contribution >= 4 is 28.1 Å². The Morgan fingerprint density at radius 3 is 2.71 bits per heavy atom. The van der Waals surface area contributed by atoms with E-state index in [2.05, 4.69) is 6.58 Å². The van der Waals surface area contributed by atoms with Crippen LogP contribution >= 0.6 is 0 Å². The van der Waals surface area contributed by atoms with Gasteiger partial charge in [-0.05, 0) is 23.6 Å². The largest absolute Gasteiger partial charge is 0.423 e. The first-order valence-electron chi connectivity index (χ1n) is 5.03. The molecule has 0 heterocycles. The van der Waals surface area contributed by atoms with Gasteiger partial charge in [0.2, 0.25) is 0 Å². The summed E-state index contributed by atoms with van der Waals surface area (Å²) in [5.41, 5.74) is 12.7. The lowest BCUT2D eigenvalue weighted by Crippen LogP contribution is -2.03. The van der Waals surface area contributed by atoms with Crippen LogP contribution < -0.4 is 16.2 Å². The van der Waals surface area contributed by atoms with Crippen LogP contribution in [-0.4, -0.2) is 5.97 Å². The summed E-state index contributed by atoms with van der Waals surface area (Å²) in [6.07, 6.45) is 1.10. The second-order valence-electron chi connectivity index (χ2n) is 3.62. The number of hydrogen-bond donors (Lipinski definition) is 2. The van der Waals surface area contributed by atoms with Gasteiger partial charge in [0.15, 0.2) is 0 Å². The fraction of sp³-hybridized carbons (Fsp3) is 0. The Hall–Kier alpha value is -2.49. The Labute approximate surface area is 98.5 Å². The number of nitrogens with two attached hydrogens (primary N) is 2. The molecule has 0 amide bonds. The van der Waals surface area contributed by atoms with Gasteiger partial charge < -0.3 is 16.2 Å². The molecule has 4 nitrogen and oxygen atoms in total. The van der Waals surface area contributed by atoms with Gasteiger partial charge in [0.25, 0.3) is 0 Å². The van der Waals surface area contributed by atoms with Crippen molar-refractivity contribution in [3.8, 4) is 5.75 Å². The van der Waals surface area contributed by atoms with Gasteiger partial charge in [-0.15, -0.1) is 0 Å². The topological polar surface area (TPSA) is 78.3 Å². The van der Waals surface area contributed by atoms with Crippen molar-refractivity contribution in [3.05, 3.63) is 43.0 Å². The highest BCUT2D eigenvalue weighted by Crippen LogP contribution is 2.28. The molecule has 4 N–H and O–H groups in total. The molecule has 86 valence electrons. The van der Waals surface area contributed by atoms with E-state index in [0.29, 0.717) is 17.1 Å². The van der Waals surface area contributed by atoms with E-state index in [0.717, 1.165) is 16.8 Å². The minimum atomic E-state index is -0.515. The zero-order valence-electron chi connectivity index (χ0n) is 9.14. The van der Waals surface area contributed by atoms with Crippen LogP contribution in [0, 0.1) is 0 Å². The Balaban J connectivity index is 2.52. The molecule has 0 aliphatic carbocycles. The standard InChI is InChI=1S/C13H12N2O2/c1-2-13(16)17-10-5-8-3-4-9(14)6-11(8)12(15)7-10/h2-7H,1,14-15H2. The van der Waals surface area contributed by atoms with Gasteiger partial charge in [-0.2, -0.15) is 0 Å². The van der Waals surface area contributed by atoms with Crippen LogP contribution in [0.5, 0.6) is 5.75 Å². The van der Waals surface area contributed by atoms with Crippen LogP contribution in [0.25, 0.3) is 10.8 Å². The fourth-order valence-corrected chi connectivity index (χ4v) is 1.59. The number of benzene rings is 2. The Morgan fingerprint density at radius 2 is 2.00 bits per heavy atom. The molecular formula is C13H12N2O2. The van der Waals surface area contributed by atoms with Gasteiger partial charge in [0.1, 0.15) is 5.75 Å². The molecule has 4 heteroatoms. The number of esters is 1. The van der Waals surface area contributed by atoms with E-state index in [1.807, 2.05) is 6.07 Å². The lowest BCUT2D eigenvalue weighted by Gasteiger charge is -2.07. The molecule has 0 atom stereocenters. The van der Waals surface area contributed by atoms with E-state index >= 15 is 0 Å². The first-order valence-corrected chi connectivity index (χ1v) is 5.03. The SMILES string of the molecule is C=CC(=O)Oc1cc(N)c2cc(N)ccc2c1. The number of carbonyl (C=O) groups excluding carboxylic acids is 1. The third-order valence-electron chi connectivity index (χ3n) is 2.37. The summed E-state index contributed by atoms with van der Waals surface area (Å²) in [6, 6.07) is 8.69. The third-order valence-corrected chi connectivity index (χ3v) is 2.37. The lowest BCUT2D eigenvalue weighted by molar-refractivity contribution is -0.128. The van der Waals surface area contributed by atoms with Crippen LogP contribution in [0.4, 0.5) is 11.4 Å². The van der Waals surface area contributed by atoms with Crippen molar-refractivity contribution in [2.45, 2.75) is 0 Å². The van der Waals surface area contributed by atoms with Crippen LogP contribution in [0.2, 0.25) is 0 Å². The highest BCUT2D eigenvalue weighted by molar-refractivity contribution is 5.96. The second-order valence-corrected chi connectivity index (χ2v) is 3.62. The fourth-order valence-electron chi connectivity index (χ4n) is 1.59. The van der Waals surface area contributed by atoms with Gasteiger partial charge in [0, 0.05) is 28.9 Å². The predicted molar refractivity (Wildman–Crippen MR) is 68.6 cm³/mol. The van der Waals surface area contributed by atoms with E-state index < -0.39 is 5.97 Å². The number of ether oxygens (including phenoxy) is 1. The summed E-state index contributed by atoms with van der Waals surface area (Å²) < 4.78 is 5.01. The normalized spacial score (nSPS) is 10.1. The molecule has 0 unspecified atom stereocenters. The summed E-state index contributed by atoms with van der Waals surface area (Å²) in [4.78, 5) is 11.1. The lowest BCUT2D eigenvalue weighted by atomic mass is 10.1. The molecule has 2 aromatic rings. The predicted octanol–water partition coefficient (Wildman–Crippen LogP) is 2.10. The molecule has 0 saturated carbocycles. The van der Waals surface area contributed by atoms with E-state index in [9.17, 15) is 4.79 Å². The summed E-state index contributed by atoms with van der Waals surface area (Å²) in [5, 5.41) is 1.70. The molecule has 0 radical (unpaired) electrons. The van der Waals surface area contributed by atoms with Crippen molar-refractivity contribution in [2.75, 3.05) is 11.5 Å². The number of carbonyl (C=O) groups is 1. The first-order chi connectivity index (χ1) is 8.10. The molecular weight excluding hydrogens is 216 g/mol. The molecule has 0 aromatic heterocycles. The second kappa shape index (κ2) is 4.17. The molecule has 2 rings (SSSR count). The average Bonchev–Trinajstić information content (AvgIpc) is 2.30. The van der Waals surface area contributed by atoms with E-state index in [1.54, 1.807) is 24.3 Å². The van der Waals surface area contributed by atoms with Gasteiger partial charge >= 0.3 is 5.97 Å². The maximum absolute atomic E-state index is 11.1. The average molecular weight is 228 g/mol. The van der Waals surface area contributed by atoms with Crippen molar-refractivity contribution in [3.63, 3.8) is 0 Å². The van der Waals surface area contributed by atoms with Crippen molar-refractivity contribution in [1.82, 2.24) is 0 Å². The minimum absolute atomic E-state index is 0.393. The molecule has 0 aliphatic rings. The van der Waals surface area contributed by atoms with Crippen molar-refractivity contribution in [2.24, 2.45) is 0 Å². The summed E-state index contributed by atoms with van der Waals surface area (Å²) in [5.74, 6) is -0.121. The molecule has 17 heavy (non-hydrogen) atoms. The number of hydrogen-bond acceptors (Lipinski definition) is 4. The highest BCUT2D eigenvalue weighted by atomic mass is 16.5. The molecule has 0 spiro atoms. The van der Waals surface area contributed by atoms with E-state index in [-0.39, 0.29) is 0 Å². The smallest absolute Gasteiger partial charge is 0.335 e.